The van der Waals surface area contributed by atoms with Gasteiger partial charge in [-0.15, -0.1) is 0 Å². The summed E-state index contributed by atoms with van der Waals surface area (Å²) in [6.45, 7) is 9.01. The lowest BCUT2D eigenvalue weighted by atomic mass is 9.91. The molecule has 74 valence electrons. The molecule has 0 aromatic carbocycles. The summed E-state index contributed by atoms with van der Waals surface area (Å²) in [7, 11) is 0. The first kappa shape index (κ1) is 10.5. The minimum Gasteiger partial charge on any atom is -0.266 e. The Labute approximate surface area is 82.0 Å². The Morgan fingerprint density at radius 2 is 2.08 bits per heavy atom. The van der Waals surface area contributed by atoms with Crippen LogP contribution in [0.15, 0.2) is 16.8 Å². The summed E-state index contributed by atoms with van der Waals surface area (Å²) in [6, 6.07) is 0. The van der Waals surface area contributed by atoms with Crippen molar-refractivity contribution < 1.29 is 0 Å². The average molecular weight is 179 g/mol. The van der Waals surface area contributed by atoms with E-state index in [0.717, 1.165) is 18.3 Å². The van der Waals surface area contributed by atoms with Crippen molar-refractivity contribution in [1.29, 1.82) is 0 Å². The van der Waals surface area contributed by atoms with Crippen molar-refractivity contribution in [3.8, 4) is 0 Å². The van der Waals surface area contributed by atoms with Crippen molar-refractivity contribution in [1.82, 2.24) is 0 Å². The van der Waals surface area contributed by atoms with Crippen LogP contribution in [0.1, 0.15) is 40.5 Å². The summed E-state index contributed by atoms with van der Waals surface area (Å²) in [5, 5.41) is 0. The van der Waals surface area contributed by atoms with Gasteiger partial charge in [-0.2, -0.15) is 0 Å². The number of hydrogen-bond acceptors (Lipinski definition) is 1. The highest BCUT2D eigenvalue weighted by Gasteiger charge is 2.13. The first-order chi connectivity index (χ1) is 6.09. The molecule has 1 unspecified atom stereocenters. The Morgan fingerprint density at radius 1 is 1.38 bits per heavy atom. The minimum atomic E-state index is 0.663. The molecule has 1 aliphatic heterocycles. The van der Waals surface area contributed by atoms with Gasteiger partial charge in [0.2, 0.25) is 0 Å². The van der Waals surface area contributed by atoms with Crippen LogP contribution in [0, 0.1) is 17.8 Å². The smallest absolute Gasteiger partial charge is 0.0362 e. The van der Waals surface area contributed by atoms with E-state index in [2.05, 4.69) is 45.0 Å². The van der Waals surface area contributed by atoms with Gasteiger partial charge >= 0.3 is 0 Å². The van der Waals surface area contributed by atoms with Crippen molar-refractivity contribution in [2.45, 2.75) is 40.5 Å². The Hall–Kier alpha value is -0.590. The molecule has 0 saturated heterocycles. The van der Waals surface area contributed by atoms with Crippen LogP contribution >= 0.6 is 0 Å². The molecule has 1 nitrogen and oxygen atoms in total. The van der Waals surface area contributed by atoms with E-state index in [1.807, 2.05) is 0 Å². The summed E-state index contributed by atoms with van der Waals surface area (Å²) in [5.74, 6) is 2.11. The molecule has 1 rings (SSSR count). The van der Waals surface area contributed by atoms with Gasteiger partial charge in [0.05, 0.1) is 0 Å². The largest absolute Gasteiger partial charge is 0.266 e. The third-order valence-corrected chi connectivity index (χ3v) is 2.53. The maximum atomic E-state index is 4.51. The molecule has 1 atom stereocenters. The van der Waals surface area contributed by atoms with E-state index >= 15 is 0 Å². The second-order valence-electron chi connectivity index (χ2n) is 4.72. The lowest BCUT2D eigenvalue weighted by Crippen LogP contribution is -2.12. The SMILES string of the molecule is CC(C)CC1=CCC(C(C)C)C=N1. The average Bonchev–Trinajstić information content (AvgIpc) is 2.04. The Kier molecular flexibility index (Phi) is 3.71. The third-order valence-electron chi connectivity index (χ3n) is 2.53. The predicted octanol–water partition coefficient (Wildman–Crippen LogP) is 3.66. The molecule has 0 fully saturated rings. The van der Waals surface area contributed by atoms with Crippen LogP contribution in [0.5, 0.6) is 0 Å². The van der Waals surface area contributed by atoms with E-state index in [0.29, 0.717) is 5.92 Å². The van der Waals surface area contributed by atoms with Crippen molar-refractivity contribution in [3.63, 3.8) is 0 Å². The fraction of sp³-hybridized carbons (Fsp3) is 0.750. The maximum absolute atomic E-state index is 4.51. The minimum absolute atomic E-state index is 0.663. The van der Waals surface area contributed by atoms with Gasteiger partial charge < -0.3 is 0 Å². The second kappa shape index (κ2) is 4.59. The summed E-state index contributed by atoms with van der Waals surface area (Å²) in [5.41, 5.74) is 1.28. The fourth-order valence-corrected chi connectivity index (χ4v) is 1.58. The van der Waals surface area contributed by atoms with E-state index in [4.69, 9.17) is 0 Å². The van der Waals surface area contributed by atoms with E-state index in [9.17, 15) is 0 Å². The van der Waals surface area contributed by atoms with Gasteiger partial charge in [0.25, 0.3) is 0 Å². The van der Waals surface area contributed by atoms with Crippen molar-refractivity contribution in [3.05, 3.63) is 11.8 Å². The third kappa shape index (κ3) is 3.33. The molecule has 0 aromatic rings. The topological polar surface area (TPSA) is 12.4 Å². The summed E-state index contributed by atoms with van der Waals surface area (Å²) >= 11 is 0. The molecule has 0 bridgehead atoms. The normalized spacial score (nSPS) is 22.6. The number of nitrogens with zero attached hydrogens (tertiary/aromatic N) is 1. The van der Waals surface area contributed by atoms with Gasteiger partial charge in [0.1, 0.15) is 0 Å². The van der Waals surface area contributed by atoms with Crippen LogP contribution in [0.25, 0.3) is 0 Å². The first-order valence-electron chi connectivity index (χ1n) is 5.32. The van der Waals surface area contributed by atoms with Gasteiger partial charge in [-0.1, -0.05) is 33.8 Å². The molecule has 0 aromatic heterocycles. The zero-order chi connectivity index (χ0) is 9.84. The number of allylic oxidation sites excluding steroid dienone is 2. The van der Waals surface area contributed by atoms with Crippen LogP contribution in [-0.4, -0.2) is 6.21 Å². The van der Waals surface area contributed by atoms with Gasteiger partial charge in [0, 0.05) is 17.8 Å². The highest BCUT2D eigenvalue weighted by Crippen LogP contribution is 2.22. The van der Waals surface area contributed by atoms with Crippen molar-refractivity contribution >= 4 is 6.21 Å². The molecule has 0 N–H and O–H groups in total. The molecular formula is C12H21N. The van der Waals surface area contributed by atoms with Crippen LogP contribution in [-0.2, 0) is 0 Å². The van der Waals surface area contributed by atoms with Crippen LogP contribution in [0.2, 0.25) is 0 Å². The predicted molar refractivity (Wildman–Crippen MR) is 59.0 cm³/mol. The number of hydrogen-bond donors (Lipinski definition) is 0. The molecule has 13 heavy (non-hydrogen) atoms. The zero-order valence-electron chi connectivity index (χ0n) is 9.25. The molecule has 0 spiro atoms. The van der Waals surface area contributed by atoms with Crippen LogP contribution in [0.3, 0.4) is 0 Å². The summed E-state index contributed by atoms with van der Waals surface area (Å²) in [6.07, 6.45) is 6.76. The zero-order valence-corrected chi connectivity index (χ0v) is 9.25. The lowest BCUT2D eigenvalue weighted by Gasteiger charge is -2.19. The highest BCUT2D eigenvalue weighted by atomic mass is 14.7. The molecule has 0 amide bonds. The Bertz CT molecular complexity index is 211. The first-order valence-corrected chi connectivity index (χ1v) is 5.32. The van der Waals surface area contributed by atoms with E-state index in [-0.39, 0.29) is 0 Å². The molecular weight excluding hydrogens is 158 g/mol. The van der Waals surface area contributed by atoms with E-state index in [1.54, 1.807) is 0 Å². The molecule has 1 heteroatoms. The van der Waals surface area contributed by atoms with Gasteiger partial charge in [-0.05, 0) is 24.7 Å². The molecule has 0 radical (unpaired) electrons. The molecule has 1 aliphatic rings. The molecule has 1 heterocycles. The summed E-state index contributed by atoms with van der Waals surface area (Å²) in [4.78, 5) is 4.51. The van der Waals surface area contributed by atoms with Gasteiger partial charge in [0.15, 0.2) is 0 Å². The standard InChI is InChI=1S/C12H21N/c1-9(2)7-12-6-5-11(8-13-12)10(3)4/h6,8-11H,5,7H2,1-4H3. The van der Waals surface area contributed by atoms with Gasteiger partial charge in [-0.25, -0.2) is 0 Å². The molecule has 0 saturated carbocycles. The highest BCUT2D eigenvalue weighted by molar-refractivity contribution is 5.64. The van der Waals surface area contributed by atoms with Gasteiger partial charge in [-0.3, -0.25) is 4.99 Å². The van der Waals surface area contributed by atoms with Crippen molar-refractivity contribution in [2.75, 3.05) is 0 Å². The fourth-order valence-electron chi connectivity index (χ4n) is 1.58. The summed E-state index contributed by atoms with van der Waals surface area (Å²) < 4.78 is 0. The van der Waals surface area contributed by atoms with E-state index < -0.39 is 0 Å². The number of rotatable bonds is 3. The van der Waals surface area contributed by atoms with Crippen LogP contribution < -0.4 is 0 Å². The van der Waals surface area contributed by atoms with Crippen LogP contribution in [0.4, 0.5) is 0 Å². The lowest BCUT2D eigenvalue weighted by molar-refractivity contribution is 0.497. The van der Waals surface area contributed by atoms with E-state index in [1.165, 1.54) is 12.1 Å². The molecule has 0 aliphatic carbocycles. The second-order valence-corrected chi connectivity index (χ2v) is 4.72. The number of aliphatic imine (C=N–C) groups is 1. The Morgan fingerprint density at radius 3 is 2.46 bits per heavy atom. The van der Waals surface area contributed by atoms with Crippen molar-refractivity contribution in [2.24, 2.45) is 22.7 Å². The Balaban J connectivity index is 2.45. The monoisotopic (exact) mass is 179 g/mol. The quantitative estimate of drug-likeness (QED) is 0.627. The maximum Gasteiger partial charge on any atom is 0.0362 e.